The highest BCUT2D eigenvalue weighted by atomic mass is 19.2. The fourth-order valence-corrected chi connectivity index (χ4v) is 9.10. The molecule has 5 fully saturated rings. The van der Waals surface area contributed by atoms with Crippen LogP contribution in [0.15, 0.2) is 48.7 Å². The van der Waals surface area contributed by atoms with Gasteiger partial charge < -0.3 is 4.90 Å². The Hall–Kier alpha value is -3.51. The van der Waals surface area contributed by atoms with Crippen LogP contribution >= 0.6 is 0 Å². The fraction of sp³-hybridized carbons (Fsp3) is 0.452. The number of fused-ring (bicyclic) bond motifs is 3. The number of nitriles is 2. The second-order valence-electron chi connectivity index (χ2n) is 12.0. The van der Waals surface area contributed by atoms with E-state index in [1.54, 1.807) is 0 Å². The maximum atomic E-state index is 14.9. The first-order chi connectivity index (χ1) is 17.9. The van der Waals surface area contributed by atoms with Gasteiger partial charge in [-0.2, -0.15) is 10.5 Å². The van der Waals surface area contributed by atoms with Crippen molar-refractivity contribution in [2.24, 2.45) is 28.6 Å². The van der Waals surface area contributed by atoms with E-state index in [0.29, 0.717) is 23.3 Å². The van der Waals surface area contributed by atoms with Gasteiger partial charge in [0.2, 0.25) is 0 Å². The van der Waals surface area contributed by atoms with Crippen LogP contribution in [0, 0.1) is 62.9 Å². The van der Waals surface area contributed by atoms with Crippen molar-refractivity contribution >= 4 is 11.9 Å². The van der Waals surface area contributed by atoms with Crippen molar-refractivity contribution in [2.75, 3.05) is 0 Å². The van der Waals surface area contributed by atoms with Crippen LogP contribution < -0.4 is 0 Å². The van der Waals surface area contributed by atoms with Crippen LogP contribution in [0.25, 0.3) is 6.08 Å². The quantitative estimate of drug-likeness (QED) is 0.503. The van der Waals surface area contributed by atoms with Crippen molar-refractivity contribution in [3.8, 4) is 12.1 Å². The van der Waals surface area contributed by atoms with Gasteiger partial charge in [-0.3, -0.25) is 4.79 Å². The molecule has 0 unspecified atom stereocenters. The topological polar surface area (TPSA) is 67.9 Å². The second kappa shape index (κ2) is 7.75. The number of hydrogen-bond acceptors (Lipinski definition) is 4. The lowest BCUT2D eigenvalue weighted by Gasteiger charge is -2.57. The third kappa shape index (κ3) is 2.99. The smallest absolute Gasteiger partial charge is 0.177 e. The van der Waals surface area contributed by atoms with Crippen LogP contribution in [0.3, 0.4) is 0 Å². The molecule has 4 aliphatic carbocycles. The van der Waals surface area contributed by atoms with E-state index in [4.69, 9.17) is 0 Å². The first-order valence-electron chi connectivity index (χ1n) is 13.3. The summed E-state index contributed by atoms with van der Waals surface area (Å²) in [6, 6.07) is 14.3. The zero-order valence-corrected chi connectivity index (χ0v) is 20.4. The van der Waals surface area contributed by atoms with Gasteiger partial charge in [0, 0.05) is 17.5 Å². The van der Waals surface area contributed by atoms with E-state index in [0.717, 1.165) is 42.5 Å². The number of Topliss-reactive ketones (excluding diaryl/α,β-unsaturated/α-hetero) is 1. The van der Waals surface area contributed by atoms with Crippen molar-refractivity contribution in [1.29, 1.82) is 10.5 Å². The molecule has 3 atom stereocenters. The second-order valence-corrected chi connectivity index (χ2v) is 12.0. The molecule has 2 aromatic rings. The van der Waals surface area contributed by atoms with Crippen LogP contribution in [0.5, 0.6) is 0 Å². The Kier molecular flexibility index (Phi) is 4.75. The highest BCUT2D eigenvalue weighted by Crippen LogP contribution is 2.65. The van der Waals surface area contributed by atoms with Crippen LogP contribution in [0.2, 0.25) is 0 Å². The molecule has 4 saturated carbocycles. The zero-order chi connectivity index (χ0) is 25.5. The Morgan fingerprint density at radius 2 is 1.57 bits per heavy atom. The van der Waals surface area contributed by atoms with Crippen LogP contribution in [-0.4, -0.2) is 16.7 Å². The number of carbonyl (C=O) groups excluding carboxylic acids is 1. The number of benzene rings is 2. The highest BCUT2D eigenvalue weighted by Gasteiger charge is 2.67. The number of ketones is 1. The fourth-order valence-electron chi connectivity index (χ4n) is 9.10. The third-order valence-corrected chi connectivity index (χ3v) is 10.1. The molecule has 2 aliphatic heterocycles. The summed E-state index contributed by atoms with van der Waals surface area (Å²) in [5.74, 6) is -1.24. The van der Waals surface area contributed by atoms with E-state index in [1.165, 1.54) is 25.3 Å². The van der Waals surface area contributed by atoms with Gasteiger partial charge in [-0.05, 0) is 91.2 Å². The van der Waals surface area contributed by atoms with Gasteiger partial charge in [0.25, 0.3) is 0 Å². The van der Waals surface area contributed by atoms with Gasteiger partial charge in [0.1, 0.15) is 0 Å². The average Bonchev–Trinajstić information content (AvgIpc) is 3.20. The molecule has 0 aromatic heterocycles. The van der Waals surface area contributed by atoms with Gasteiger partial charge >= 0.3 is 0 Å². The normalized spacial score (nSPS) is 35.9. The first kappa shape index (κ1) is 22.7. The predicted octanol–water partition coefficient (Wildman–Crippen LogP) is 6.28. The van der Waals surface area contributed by atoms with Crippen molar-refractivity contribution in [1.82, 2.24) is 4.90 Å². The molecule has 2 aromatic carbocycles. The molecule has 0 N–H and O–H groups in total. The molecule has 6 heteroatoms. The number of rotatable bonds is 3. The lowest BCUT2D eigenvalue weighted by atomic mass is 9.47. The van der Waals surface area contributed by atoms with Crippen molar-refractivity contribution in [3.63, 3.8) is 0 Å². The summed E-state index contributed by atoms with van der Waals surface area (Å²) < 4.78 is 28.6. The molecule has 4 bridgehead atoms. The van der Waals surface area contributed by atoms with Crippen molar-refractivity contribution in [3.05, 3.63) is 77.0 Å². The number of nitrogens with zero attached hydrogens (tertiary/aromatic N) is 3. The lowest BCUT2D eigenvalue weighted by molar-refractivity contribution is -0.148. The minimum atomic E-state index is -1.66. The van der Waals surface area contributed by atoms with Gasteiger partial charge in [0.15, 0.2) is 22.8 Å². The summed E-state index contributed by atoms with van der Waals surface area (Å²) in [5.41, 5.74) is -0.113. The van der Waals surface area contributed by atoms with Crippen LogP contribution in [0.4, 0.5) is 8.78 Å². The average molecular weight is 496 g/mol. The van der Waals surface area contributed by atoms with Gasteiger partial charge in [-0.25, -0.2) is 8.78 Å². The summed E-state index contributed by atoms with van der Waals surface area (Å²) in [7, 11) is 0. The number of halogens is 2. The van der Waals surface area contributed by atoms with Crippen LogP contribution in [-0.2, 0) is 4.79 Å². The maximum absolute atomic E-state index is 14.9. The van der Waals surface area contributed by atoms with Gasteiger partial charge in [-0.15, -0.1) is 0 Å². The van der Waals surface area contributed by atoms with Crippen molar-refractivity contribution in [2.45, 2.75) is 56.5 Å². The SMILES string of the molecule is N#CC1(C#N)[C@@H]2c3ccccc3C=CN2[C@@H](C(=O)C23CC4CC(CC(C4)C2)C3)[C@@H]1c1ccc(F)c(F)c1. The summed E-state index contributed by atoms with van der Waals surface area (Å²) in [6.45, 7) is 0. The van der Waals surface area contributed by atoms with E-state index >= 15 is 0 Å². The van der Waals surface area contributed by atoms with Crippen LogP contribution in [0.1, 0.15) is 67.2 Å². The molecule has 0 amide bonds. The van der Waals surface area contributed by atoms with Crippen molar-refractivity contribution < 1.29 is 13.6 Å². The first-order valence-corrected chi connectivity index (χ1v) is 13.3. The van der Waals surface area contributed by atoms with Gasteiger partial charge in [0.05, 0.1) is 24.2 Å². The maximum Gasteiger partial charge on any atom is 0.177 e. The van der Waals surface area contributed by atoms with E-state index in [1.807, 2.05) is 41.4 Å². The Morgan fingerprint density at radius 3 is 2.19 bits per heavy atom. The number of hydrogen-bond donors (Lipinski definition) is 0. The predicted molar refractivity (Wildman–Crippen MR) is 132 cm³/mol. The Morgan fingerprint density at radius 1 is 0.919 bits per heavy atom. The molecule has 4 nitrogen and oxygen atoms in total. The Labute approximate surface area is 215 Å². The molecule has 186 valence electrons. The largest absolute Gasteiger partial charge is 0.357 e. The standard InChI is InChI=1S/C31H27F2N3O/c32-24-6-5-22(12-25(24)33)26-27(29(37)30-13-18-9-19(14-30)11-20(10-18)15-30)36-8-7-21-3-1-2-4-23(21)28(36)31(26,16-34)17-35/h1-8,12,18-20,26-28H,9-11,13-15H2/t18?,19?,20?,26-,27+,28-,30?/m0/s1. The van der Waals surface area contributed by atoms with E-state index in [2.05, 4.69) is 12.1 Å². The molecule has 2 heterocycles. The van der Waals surface area contributed by atoms with E-state index in [-0.39, 0.29) is 5.78 Å². The summed E-state index contributed by atoms with van der Waals surface area (Å²) in [5, 5.41) is 21.3. The molecule has 8 rings (SSSR count). The Balaban J connectivity index is 1.44. The molecular formula is C31H27F2N3O. The summed E-state index contributed by atoms with van der Waals surface area (Å²) >= 11 is 0. The zero-order valence-electron chi connectivity index (χ0n) is 20.4. The van der Waals surface area contributed by atoms with E-state index < -0.39 is 40.5 Å². The number of carbonyl (C=O) groups is 1. The van der Waals surface area contributed by atoms with Gasteiger partial charge in [-0.1, -0.05) is 30.3 Å². The molecule has 0 radical (unpaired) electrons. The summed E-state index contributed by atoms with van der Waals surface area (Å²) in [6.07, 6.45) is 9.88. The molecule has 1 saturated heterocycles. The molecule has 6 aliphatic rings. The van der Waals surface area contributed by atoms with E-state index in [9.17, 15) is 24.1 Å². The minimum Gasteiger partial charge on any atom is -0.357 e. The lowest BCUT2D eigenvalue weighted by Crippen LogP contribution is -2.55. The molecule has 37 heavy (non-hydrogen) atoms. The Bertz CT molecular complexity index is 1380. The highest BCUT2D eigenvalue weighted by molar-refractivity contribution is 5.92. The minimum absolute atomic E-state index is 0.0720. The monoisotopic (exact) mass is 495 g/mol. The third-order valence-electron chi connectivity index (χ3n) is 10.1. The summed E-state index contributed by atoms with van der Waals surface area (Å²) in [4.78, 5) is 16.8. The molecular weight excluding hydrogens is 468 g/mol. The molecule has 0 spiro atoms.